The molecule has 0 amide bonds. The van der Waals surface area contributed by atoms with Crippen molar-refractivity contribution in [2.75, 3.05) is 11.4 Å². The number of carboxylic acids is 1. The Kier molecular flexibility index (Phi) is 5.09. The van der Waals surface area contributed by atoms with Crippen LogP contribution in [-0.2, 0) is 4.79 Å². The van der Waals surface area contributed by atoms with E-state index >= 15 is 0 Å². The molecule has 0 saturated carbocycles. The highest BCUT2D eigenvalue weighted by molar-refractivity contribution is 6.36. The second kappa shape index (κ2) is 6.12. The summed E-state index contributed by atoms with van der Waals surface area (Å²) in [5.41, 5.74) is 0.702. The predicted molar refractivity (Wildman–Crippen MR) is 71.2 cm³/mol. The van der Waals surface area contributed by atoms with Crippen molar-refractivity contribution < 1.29 is 9.90 Å². The third kappa shape index (κ3) is 3.51. The molecular formula is C12H15Cl2NO2. The molecule has 0 fully saturated rings. The van der Waals surface area contributed by atoms with Crippen LogP contribution in [0.4, 0.5) is 5.69 Å². The molecule has 1 N–H and O–H groups in total. The highest BCUT2D eigenvalue weighted by atomic mass is 35.5. The molecule has 0 aliphatic rings. The second-order valence-corrected chi connectivity index (χ2v) is 4.65. The molecule has 0 aliphatic carbocycles. The van der Waals surface area contributed by atoms with Crippen molar-refractivity contribution in [3.63, 3.8) is 0 Å². The topological polar surface area (TPSA) is 40.5 Å². The van der Waals surface area contributed by atoms with E-state index in [1.165, 1.54) is 0 Å². The quantitative estimate of drug-likeness (QED) is 0.891. The summed E-state index contributed by atoms with van der Waals surface area (Å²) in [6, 6.07) is 4.46. The Morgan fingerprint density at radius 1 is 1.47 bits per heavy atom. The summed E-state index contributed by atoms with van der Waals surface area (Å²) in [5, 5.41) is 10.1. The van der Waals surface area contributed by atoms with E-state index in [2.05, 4.69) is 0 Å². The van der Waals surface area contributed by atoms with Crippen molar-refractivity contribution in [2.45, 2.75) is 26.3 Å². The van der Waals surface area contributed by atoms with Crippen molar-refractivity contribution >= 4 is 34.9 Å². The molecule has 1 aromatic carbocycles. The normalized spacial score (nSPS) is 12.2. The van der Waals surface area contributed by atoms with Gasteiger partial charge in [0.15, 0.2) is 0 Å². The molecule has 0 bridgehead atoms. The molecule has 0 saturated heterocycles. The number of carboxylic acid groups (broad SMARTS) is 1. The molecule has 0 unspecified atom stereocenters. The number of nitrogens with zero attached hydrogens (tertiary/aromatic N) is 1. The minimum Gasteiger partial charge on any atom is -0.480 e. The van der Waals surface area contributed by atoms with Gasteiger partial charge in [-0.2, -0.15) is 0 Å². The fraction of sp³-hybridized carbons (Fsp3) is 0.417. The smallest absolute Gasteiger partial charge is 0.326 e. The fourth-order valence-electron chi connectivity index (χ4n) is 1.61. The molecule has 5 heteroatoms. The lowest BCUT2D eigenvalue weighted by Crippen LogP contribution is -2.39. The molecule has 0 heterocycles. The van der Waals surface area contributed by atoms with Crippen LogP contribution in [0.2, 0.25) is 10.0 Å². The molecule has 1 aromatic rings. The van der Waals surface area contributed by atoms with Gasteiger partial charge in [-0.05, 0) is 31.5 Å². The number of benzene rings is 1. The summed E-state index contributed by atoms with van der Waals surface area (Å²) in [4.78, 5) is 12.8. The van der Waals surface area contributed by atoms with Crippen LogP contribution in [0.1, 0.15) is 20.3 Å². The number of aliphatic carboxylic acids is 1. The molecule has 17 heavy (non-hydrogen) atoms. The first-order valence-electron chi connectivity index (χ1n) is 5.41. The Hall–Kier alpha value is -0.930. The molecule has 1 atom stereocenters. The van der Waals surface area contributed by atoms with Gasteiger partial charge in [0, 0.05) is 11.6 Å². The lowest BCUT2D eigenvalue weighted by Gasteiger charge is -2.29. The van der Waals surface area contributed by atoms with Crippen molar-refractivity contribution in [3.05, 3.63) is 28.2 Å². The molecule has 3 nitrogen and oxygen atoms in total. The van der Waals surface area contributed by atoms with Crippen LogP contribution in [-0.4, -0.2) is 23.7 Å². The molecule has 0 radical (unpaired) electrons. The maximum atomic E-state index is 11.1. The maximum Gasteiger partial charge on any atom is 0.326 e. The SMILES string of the molecule is CCCN(c1ccc(Cl)cc1Cl)[C@H](C)C(=O)O. The monoisotopic (exact) mass is 275 g/mol. The maximum absolute atomic E-state index is 11.1. The number of rotatable bonds is 5. The van der Waals surface area contributed by atoms with Gasteiger partial charge in [0.05, 0.1) is 10.7 Å². The molecule has 0 spiro atoms. The van der Waals surface area contributed by atoms with E-state index in [9.17, 15) is 4.79 Å². The van der Waals surface area contributed by atoms with Crippen molar-refractivity contribution in [1.29, 1.82) is 0 Å². The zero-order valence-corrected chi connectivity index (χ0v) is 11.3. The van der Waals surface area contributed by atoms with Crippen LogP contribution in [0.5, 0.6) is 0 Å². The lowest BCUT2D eigenvalue weighted by atomic mass is 10.2. The summed E-state index contributed by atoms with van der Waals surface area (Å²) < 4.78 is 0. The number of hydrogen-bond acceptors (Lipinski definition) is 2. The summed E-state index contributed by atoms with van der Waals surface area (Å²) >= 11 is 11.9. The Labute approximate surface area is 111 Å². The van der Waals surface area contributed by atoms with Crippen LogP contribution >= 0.6 is 23.2 Å². The van der Waals surface area contributed by atoms with Gasteiger partial charge in [-0.1, -0.05) is 30.1 Å². The van der Waals surface area contributed by atoms with E-state index in [0.717, 1.165) is 6.42 Å². The first-order valence-corrected chi connectivity index (χ1v) is 6.17. The van der Waals surface area contributed by atoms with E-state index in [1.807, 2.05) is 6.92 Å². The highest BCUT2D eigenvalue weighted by Crippen LogP contribution is 2.30. The van der Waals surface area contributed by atoms with Gasteiger partial charge in [0.2, 0.25) is 0 Å². The van der Waals surface area contributed by atoms with Gasteiger partial charge < -0.3 is 10.0 Å². The van der Waals surface area contributed by atoms with Crippen molar-refractivity contribution in [1.82, 2.24) is 0 Å². The van der Waals surface area contributed by atoms with Gasteiger partial charge >= 0.3 is 5.97 Å². The lowest BCUT2D eigenvalue weighted by molar-refractivity contribution is -0.138. The summed E-state index contributed by atoms with van der Waals surface area (Å²) in [5.74, 6) is -0.871. The minimum absolute atomic E-state index is 0.471. The molecule has 1 rings (SSSR count). The third-order valence-electron chi connectivity index (χ3n) is 2.51. The average molecular weight is 276 g/mol. The van der Waals surface area contributed by atoms with Crippen LogP contribution in [0, 0.1) is 0 Å². The second-order valence-electron chi connectivity index (χ2n) is 3.80. The average Bonchev–Trinajstić information content (AvgIpc) is 2.26. The molecule has 0 aliphatic heterocycles. The van der Waals surface area contributed by atoms with Crippen LogP contribution in [0.15, 0.2) is 18.2 Å². The fourth-order valence-corrected chi connectivity index (χ4v) is 2.13. The number of anilines is 1. The first-order chi connectivity index (χ1) is 7.97. The Morgan fingerprint density at radius 2 is 2.12 bits per heavy atom. The van der Waals surface area contributed by atoms with Crippen LogP contribution < -0.4 is 4.90 Å². The zero-order chi connectivity index (χ0) is 13.0. The van der Waals surface area contributed by atoms with Crippen LogP contribution in [0.25, 0.3) is 0 Å². The number of halogens is 2. The van der Waals surface area contributed by atoms with E-state index in [4.69, 9.17) is 28.3 Å². The predicted octanol–water partition coefficient (Wildman–Crippen LogP) is 3.68. The van der Waals surface area contributed by atoms with Gasteiger partial charge in [-0.15, -0.1) is 0 Å². The van der Waals surface area contributed by atoms with E-state index in [0.29, 0.717) is 22.3 Å². The minimum atomic E-state index is -0.871. The van der Waals surface area contributed by atoms with Gasteiger partial charge in [0.1, 0.15) is 6.04 Å². The number of hydrogen-bond donors (Lipinski definition) is 1. The summed E-state index contributed by atoms with van der Waals surface area (Å²) in [6.45, 7) is 4.27. The van der Waals surface area contributed by atoms with Crippen molar-refractivity contribution in [3.8, 4) is 0 Å². The van der Waals surface area contributed by atoms with Crippen LogP contribution in [0.3, 0.4) is 0 Å². The van der Waals surface area contributed by atoms with E-state index in [1.54, 1.807) is 30.0 Å². The molecular weight excluding hydrogens is 261 g/mol. The van der Waals surface area contributed by atoms with E-state index < -0.39 is 12.0 Å². The molecule has 94 valence electrons. The van der Waals surface area contributed by atoms with E-state index in [-0.39, 0.29) is 0 Å². The largest absolute Gasteiger partial charge is 0.480 e. The summed E-state index contributed by atoms with van der Waals surface area (Å²) in [7, 11) is 0. The zero-order valence-electron chi connectivity index (χ0n) is 9.78. The van der Waals surface area contributed by atoms with Gasteiger partial charge in [-0.25, -0.2) is 4.79 Å². The molecule has 0 aromatic heterocycles. The Bertz CT molecular complexity index is 409. The standard InChI is InChI=1S/C12H15Cl2NO2/c1-3-6-15(8(2)12(16)17)11-5-4-9(13)7-10(11)14/h4-5,7-8H,3,6H2,1-2H3,(H,16,17)/t8-/m1/s1. The van der Waals surface area contributed by atoms with Crippen molar-refractivity contribution in [2.24, 2.45) is 0 Å². The van der Waals surface area contributed by atoms with Gasteiger partial charge in [-0.3, -0.25) is 0 Å². The number of carbonyl (C=O) groups is 1. The Balaban J connectivity index is 3.09. The summed E-state index contributed by atoms with van der Waals surface area (Å²) in [6.07, 6.45) is 0.844. The highest BCUT2D eigenvalue weighted by Gasteiger charge is 2.22. The first kappa shape index (κ1) is 14.1. The van der Waals surface area contributed by atoms with Gasteiger partial charge in [0.25, 0.3) is 0 Å². The Morgan fingerprint density at radius 3 is 2.59 bits per heavy atom. The third-order valence-corrected chi connectivity index (χ3v) is 3.05.